The zero-order chi connectivity index (χ0) is 10.7. The van der Waals surface area contributed by atoms with E-state index < -0.39 is 5.91 Å². The lowest BCUT2D eigenvalue weighted by Gasteiger charge is -2.06. The van der Waals surface area contributed by atoms with Gasteiger partial charge in [0.2, 0.25) is 0 Å². The van der Waals surface area contributed by atoms with E-state index >= 15 is 0 Å². The van der Waals surface area contributed by atoms with Crippen molar-refractivity contribution in [2.45, 2.75) is 0 Å². The van der Waals surface area contributed by atoms with E-state index in [0.717, 1.165) is 0 Å². The van der Waals surface area contributed by atoms with Gasteiger partial charge in [-0.3, -0.25) is 9.63 Å². The molecule has 1 aromatic carbocycles. The van der Waals surface area contributed by atoms with Crippen molar-refractivity contribution in [1.82, 2.24) is 5.48 Å². The Kier molecular flexibility index (Phi) is 4.01. The Morgan fingerprint density at radius 3 is 2.50 bits per heavy atom. The first-order chi connectivity index (χ1) is 6.57. The van der Waals surface area contributed by atoms with Crippen molar-refractivity contribution in [1.29, 1.82) is 0 Å². The van der Waals surface area contributed by atoms with Crippen LogP contribution in [0.3, 0.4) is 0 Å². The van der Waals surface area contributed by atoms with Crippen LogP contribution in [0, 0.1) is 0 Å². The second kappa shape index (κ2) is 4.84. The van der Waals surface area contributed by atoms with Crippen LogP contribution in [0.2, 0.25) is 15.1 Å². The van der Waals surface area contributed by atoms with E-state index in [-0.39, 0.29) is 15.6 Å². The molecule has 0 aliphatic rings. The third-order valence-electron chi connectivity index (χ3n) is 1.47. The lowest BCUT2D eigenvalue weighted by atomic mass is 10.2. The molecule has 0 aliphatic heterocycles. The molecule has 0 fully saturated rings. The summed E-state index contributed by atoms with van der Waals surface area (Å²) in [4.78, 5) is 15.8. The second-order valence-electron chi connectivity index (χ2n) is 2.36. The first-order valence-electron chi connectivity index (χ1n) is 3.54. The SMILES string of the molecule is CONC(=O)c1ccc(Cl)c(Cl)c1Cl. The number of hydrogen-bond donors (Lipinski definition) is 1. The number of hydroxylamine groups is 1. The maximum Gasteiger partial charge on any atom is 0.276 e. The maximum atomic E-state index is 11.3. The van der Waals surface area contributed by atoms with Crippen LogP contribution in [0.15, 0.2) is 12.1 Å². The van der Waals surface area contributed by atoms with Crippen LogP contribution in [0.1, 0.15) is 10.4 Å². The summed E-state index contributed by atoms with van der Waals surface area (Å²) in [6.45, 7) is 0. The molecule has 0 heterocycles. The standard InChI is InChI=1S/C8H6Cl3NO2/c1-14-12-8(13)4-2-3-5(9)7(11)6(4)10/h2-3H,1H3,(H,12,13). The van der Waals surface area contributed by atoms with Crippen molar-refractivity contribution in [3.05, 3.63) is 32.8 Å². The second-order valence-corrected chi connectivity index (χ2v) is 3.52. The first kappa shape index (κ1) is 11.6. The highest BCUT2D eigenvalue weighted by Crippen LogP contribution is 2.32. The summed E-state index contributed by atoms with van der Waals surface area (Å²) in [6, 6.07) is 2.95. The van der Waals surface area contributed by atoms with E-state index in [1.54, 1.807) is 0 Å². The highest BCUT2D eigenvalue weighted by molar-refractivity contribution is 6.49. The number of carbonyl (C=O) groups excluding carboxylic acids is 1. The molecule has 0 atom stereocenters. The fourth-order valence-electron chi connectivity index (χ4n) is 0.849. The molecule has 76 valence electrons. The zero-order valence-corrected chi connectivity index (χ0v) is 9.37. The monoisotopic (exact) mass is 253 g/mol. The van der Waals surface area contributed by atoms with Gasteiger partial charge < -0.3 is 0 Å². The molecule has 0 unspecified atom stereocenters. The summed E-state index contributed by atoms with van der Waals surface area (Å²) in [5, 5.41) is 0.552. The van der Waals surface area contributed by atoms with Gasteiger partial charge in [0.1, 0.15) is 0 Å². The van der Waals surface area contributed by atoms with E-state index in [9.17, 15) is 4.79 Å². The van der Waals surface area contributed by atoms with Crippen molar-refractivity contribution < 1.29 is 9.63 Å². The molecular weight excluding hydrogens is 248 g/mol. The molecule has 6 heteroatoms. The molecule has 3 nitrogen and oxygen atoms in total. The Labute approximate surface area is 95.9 Å². The maximum absolute atomic E-state index is 11.3. The average Bonchev–Trinajstić information content (AvgIpc) is 2.15. The number of halogens is 3. The Hall–Kier alpha value is -0.480. The van der Waals surface area contributed by atoms with Crippen molar-refractivity contribution in [3.63, 3.8) is 0 Å². The van der Waals surface area contributed by atoms with E-state index in [1.807, 2.05) is 0 Å². The summed E-state index contributed by atoms with van der Waals surface area (Å²) >= 11 is 17.2. The van der Waals surface area contributed by atoms with Crippen molar-refractivity contribution in [2.75, 3.05) is 7.11 Å². The van der Waals surface area contributed by atoms with Crippen molar-refractivity contribution in [2.24, 2.45) is 0 Å². The quantitative estimate of drug-likeness (QED) is 0.651. The predicted molar refractivity (Wildman–Crippen MR) is 55.9 cm³/mol. The minimum Gasteiger partial charge on any atom is -0.277 e. The minimum atomic E-state index is -0.476. The molecule has 0 radical (unpaired) electrons. The van der Waals surface area contributed by atoms with Crippen LogP contribution in [0.4, 0.5) is 0 Å². The summed E-state index contributed by atoms with van der Waals surface area (Å²) in [5.74, 6) is -0.476. The van der Waals surface area contributed by atoms with Gasteiger partial charge >= 0.3 is 0 Å². The van der Waals surface area contributed by atoms with E-state index in [4.69, 9.17) is 34.8 Å². The third-order valence-corrected chi connectivity index (χ3v) is 2.77. The molecule has 0 saturated heterocycles. The van der Waals surface area contributed by atoms with Crippen LogP contribution in [-0.2, 0) is 4.84 Å². The number of hydrogen-bond acceptors (Lipinski definition) is 2. The predicted octanol–water partition coefficient (Wildman–Crippen LogP) is 2.94. The Bertz CT molecular complexity index is 368. The highest BCUT2D eigenvalue weighted by atomic mass is 35.5. The molecule has 0 saturated carbocycles. The minimum absolute atomic E-state index is 0.105. The molecule has 1 aromatic rings. The van der Waals surface area contributed by atoms with E-state index in [1.165, 1.54) is 19.2 Å². The molecule has 0 bridgehead atoms. The normalized spacial score (nSPS) is 10.0. The average molecular weight is 254 g/mol. The third kappa shape index (κ3) is 2.30. The Balaban J connectivity index is 3.11. The van der Waals surface area contributed by atoms with Gasteiger partial charge in [-0.1, -0.05) is 34.8 Å². The van der Waals surface area contributed by atoms with Gasteiger partial charge in [-0.15, -0.1) is 0 Å². The summed E-state index contributed by atoms with van der Waals surface area (Å²) < 4.78 is 0. The van der Waals surface area contributed by atoms with Crippen LogP contribution >= 0.6 is 34.8 Å². The molecule has 1 rings (SSSR count). The molecule has 14 heavy (non-hydrogen) atoms. The number of nitrogens with one attached hydrogen (secondary N) is 1. The van der Waals surface area contributed by atoms with Crippen molar-refractivity contribution in [3.8, 4) is 0 Å². The van der Waals surface area contributed by atoms with Gasteiger partial charge in [0.15, 0.2) is 0 Å². The largest absolute Gasteiger partial charge is 0.277 e. The van der Waals surface area contributed by atoms with Gasteiger partial charge in [-0.2, -0.15) is 0 Å². The molecule has 0 aliphatic carbocycles. The fourth-order valence-corrected chi connectivity index (χ4v) is 1.47. The summed E-state index contributed by atoms with van der Waals surface area (Å²) in [6.07, 6.45) is 0. The van der Waals surface area contributed by atoms with Crippen LogP contribution in [0.5, 0.6) is 0 Å². The zero-order valence-electron chi connectivity index (χ0n) is 7.11. The molecule has 1 amide bonds. The topological polar surface area (TPSA) is 38.3 Å². The van der Waals surface area contributed by atoms with Gasteiger partial charge in [0.25, 0.3) is 5.91 Å². The van der Waals surface area contributed by atoms with Gasteiger partial charge in [-0.05, 0) is 12.1 Å². The Morgan fingerprint density at radius 1 is 1.29 bits per heavy atom. The lowest BCUT2D eigenvalue weighted by molar-refractivity contribution is 0.0538. The number of benzene rings is 1. The van der Waals surface area contributed by atoms with Crippen molar-refractivity contribution >= 4 is 40.7 Å². The molecular formula is C8H6Cl3NO2. The molecule has 0 spiro atoms. The number of carbonyl (C=O) groups is 1. The summed E-state index contributed by atoms with van der Waals surface area (Å²) in [5.41, 5.74) is 2.34. The fraction of sp³-hybridized carbons (Fsp3) is 0.125. The van der Waals surface area contributed by atoms with Gasteiger partial charge in [0.05, 0.1) is 27.7 Å². The lowest BCUT2D eigenvalue weighted by Crippen LogP contribution is -2.22. The highest BCUT2D eigenvalue weighted by Gasteiger charge is 2.14. The smallest absolute Gasteiger partial charge is 0.276 e. The van der Waals surface area contributed by atoms with Crippen LogP contribution < -0.4 is 5.48 Å². The Morgan fingerprint density at radius 2 is 1.93 bits per heavy atom. The van der Waals surface area contributed by atoms with Gasteiger partial charge in [-0.25, -0.2) is 5.48 Å². The molecule has 0 aromatic heterocycles. The van der Waals surface area contributed by atoms with E-state index in [2.05, 4.69) is 10.3 Å². The number of rotatable bonds is 2. The first-order valence-corrected chi connectivity index (χ1v) is 4.68. The van der Waals surface area contributed by atoms with Gasteiger partial charge in [0, 0.05) is 0 Å². The van der Waals surface area contributed by atoms with Crippen LogP contribution in [-0.4, -0.2) is 13.0 Å². The van der Waals surface area contributed by atoms with Crippen LogP contribution in [0.25, 0.3) is 0 Å². The van der Waals surface area contributed by atoms with E-state index in [0.29, 0.717) is 5.02 Å². The summed E-state index contributed by atoms with van der Waals surface area (Å²) in [7, 11) is 1.32. The number of amides is 1. The molecule has 1 N–H and O–H groups in total.